The number of carboxylic acids is 1. The van der Waals surface area contributed by atoms with Gasteiger partial charge in [-0.1, -0.05) is 11.6 Å². The number of carbonyl (C=O) groups is 2. The van der Waals surface area contributed by atoms with Crippen LogP contribution in [-0.2, 0) is 14.6 Å². The molecule has 0 aliphatic rings. The molecule has 0 aliphatic carbocycles. The maximum atomic E-state index is 11.8. The zero-order valence-electron chi connectivity index (χ0n) is 11.2. The topological polar surface area (TPSA) is 127 Å². The van der Waals surface area contributed by atoms with Crippen LogP contribution in [0.25, 0.3) is 0 Å². The van der Waals surface area contributed by atoms with E-state index in [1.807, 2.05) is 0 Å². The number of rotatable bonds is 6. The fourth-order valence-electron chi connectivity index (χ4n) is 1.47. The summed E-state index contributed by atoms with van der Waals surface area (Å²) < 4.78 is 22.0. The minimum Gasteiger partial charge on any atom is -0.478 e. The minimum absolute atomic E-state index is 0.0238. The van der Waals surface area contributed by atoms with Crippen molar-refractivity contribution in [2.75, 3.05) is 17.3 Å². The number of amides is 1. The van der Waals surface area contributed by atoms with Gasteiger partial charge in [0.2, 0.25) is 5.91 Å². The van der Waals surface area contributed by atoms with Crippen LogP contribution < -0.4 is 11.1 Å². The average Bonchev–Trinajstić information content (AvgIpc) is 2.36. The smallest absolute Gasteiger partial charge is 0.337 e. The van der Waals surface area contributed by atoms with E-state index < -0.39 is 27.8 Å². The molecule has 1 atom stereocenters. The number of aromatic carboxylic acids is 1. The zero-order valence-corrected chi connectivity index (χ0v) is 12.7. The molecule has 0 fully saturated rings. The Bertz CT molecular complexity index is 660. The molecule has 1 amide bonds. The molecule has 1 aromatic carbocycles. The summed E-state index contributed by atoms with van der Waals surface area (Å²) in [6.45, 7) is 0. The SMILES string of the molecule is CS(=O)(=O)CCC(N)C(=O)Nc1ccc(Cl)c(C(=O)O)c1. The second-order valence-corrected chi connectivity index (χ2v) is 7.18. The molecule has 0 saturated heterocycles. The normalized spacial score (nSPS) is 12.7. The summed E-state index contributed by atoms with van der Waals surface area (Å²) in [4.78, 5) is 22.7. The van der Waals surface area contributed by atoms with E-state index in [0.717, 1.165) is 6.26 Å². The highest BCUT2D eigenvalue weighted by atomic mass is 35.5. The van der Waals surface area contributed by atoms with E-state index in [2.05, 4.69) is 5.32 Å². The van der Waals surface area contributed by atoms with Gasteiger partial charge in [-0.2, -0.15) is 0 Å². The minimum atomic E-state index is -3.20. The van der Waals surface area contributed by atoms with Gasteiger partial charge in [-0.3, -0.25) is 4.79 Å². The third kappa shape index (κ3) is 5.70. The van der Waals surface area contributed by atoms with E-state index in [9.17, 15) is 18.0 Å². The highest BCUT2D eigenvalue weighted by molar-refractivity contribution is 7.90. The van der Waals surface area contributed by atoms with Gasteiger partial charge < -0.3 is 16.2 Å². The quantitative estimate of drug-likeness (QED) is 0.704. The Morgan fingerprint density at radius 2 is 2.05 bits per heavy atom. The molecular formula is C12H15ClN2O5S. The maximum absolute atomic E-state index is 11.8. The molecule has 1 aromatic rings. The van der Waals surface area contributed by atoms with Crippen LogP contribution in [0.4, 0.5) is 5.69 Å². The van der Waals surface area contributed by atoms with Crippen molar-refractivity contribution in [2.45, 2.75) is 12.5 Å². The molecule has 0 heterocycles. The van der Waals surface area contributed by atoms with E-state index in [0.29, 0.717) is 0 Å². The van der Waals surface area contributed by atoms with Crippen LogP contribution in [0.1, 0.15) is 16.8 Å². The molecule has 0 bridgehead atoms. The van der Waals surface area contributed by atoms with Crippen molar-refractivity contribution in [3.63, 3.8) is 0 Å². The molecule has 116 valence electrons. The Morgan fingerprint density at radius 3 is 2.57 bits per heavy atom. The van der Waals surface area contributed by atoms with Gasteiger partial charge in [-0.05, 0) is 24.6 Å². The van der Waals surface area contributed by atoms with Gasteiger partial charge in [0.25, 0.3) is 0 Å². The number of nitrogens with two attached hydrogens (primary N) is 1. The average molecular weight is 335 g/mol. The van der Waals surface area contributed by atoms with E-state index in [4.69, 9.17) is 22.4 Å². The Balaban J connectivity index is 2.75. The monoisotopic (exact) mass is 334 g/mol. The lowest BCUT2D eigenvalue weighted by Gasteiger charge is -2.12. The van der Waals surface area contributed by atoms with Crippen molar-refractivity contribution in [2.24, 2.45) is 5.73 Å². The van der Waals surface area contributed by atoms with Gasteiger partial charge in [0.15, 0.2) is 0 Å². The summed E-state index contributed by atoms with van der Waals surface area (Å²) in [7, 11) is -3.20. The predicted octanol–water partition coefficient (Wildman–Crippen LogP) is 0.739. The van der Waals surface area contributed by atoms with Crippen molar-refractivity contribution in [1.29, 1.82) is 0 Å². The lowest BCUT2D eigenvalue weighted by atomic mass is 10.2. The number of hydrogen-bond donors (Lipinski definition) is 3. The van der Waals surface area contributed by atoms with Gasteiger partial charge in [0.1, 0.15) is 9.84 Å². The molecule has 0 aromatic heterocycles. The lowest BCUT2D eigenvalue weighted by Crippen LogP contribution is -2.37. The Hall–Kier alpha value is -1.64. The zero-order chi connectivity index (χ0) is 16.2. The van der Waals surface area contributed by atoms with Gasteiger partial charge in [-0.15, -0.1) is 0 Å². The van der Waals surface area contributed by atoms with E-state index in [-0.39, 0.29) is 28.4 Å². The highest BCUT2D eigenvalue weighted by Crippen LogP contribution is 2.20. The first kappa shape index (κ1) is 17.4. The van der Waals surface area contributed by atoms with Crippen LogP contribution in [0, 0.1) is 0 Å². The molecule has 0 spiro atoms. The molecule has 0 saturated carbocycles. The molecule has 1 unspecified atom stereocenters. The van der Waals surface area contributed by atoms with Crippen molar-refractivity contribution >= 4 is 39.0 Å². The first-order valence-corrected chi connectivity index (χ1v) is 8.31. The summed E-state index contributed by atoms with van der Waals surface area (Å²) in [6.07, 6.45) is 1.03. The Kier molecular flexibility index (Phi) is 5.70. The fourth-order valence-corrected chi connectivity index (χ4v) is 2.35. The number of halogens is 1. The van der Waals surface area contributed by atoms with E-state index in [1.165, 1.54) is 18.2 Å². The maximum Gasteiger partial charge on any atom is 0.337 e. The first-order chi connectivity index (χ1) is 9.60. The number of hydrogen-bond acceptors (Lipinski definition) is 5. The van der Waals surface area contributed by atoms with E-state index >= 15 is 0 Å². The van der Waals surface area contributed by atoms with Crippen LogP contribution in [0.3, 0.4) is 0 Å². The largest absolute Gasteiger partial charge is 0.478 e. The standard InChI is InChI=1S/C12H15ClN2O5S/c1-21(19,20)5-4-10(14)11(16)15-7-2-3-9(13)8(6-7)12(17)18/h2-3,6,10H,4-5,14H2,1H3,(H,15,16)(H,17,18). The third-order valence-electron chi connectivity index (χ3n) is 2.60. The molecule has 9 heteroatoms. The molecule has 7 nitrogen and oxygen atoms in total. The summed E-state index contributed by atoms with van der Waals surface area (Å²) >= 11 is 5.71. The number of nitrogens with one attached hydrogen (secondary N) is 1. The number of sulfone groups is 1. The second-order valence-electron chi connectivity index (χ2n) is 4.51. The summed E-state index contributed by atoms with van der Waals surface area (Å²) in [6, 6.07) is 2.95. The van der Waals surface area contributed by atoms with Crippen LogP contribution >= 0.6 is 11.6 Å². The molecular weight excluding hydrogens is 320 g/mol. The van der Waals surface area contributed by atoms with Crippen LogP contribution in [0.2, 0.25) is 5.02 Å². The fraction of sp³-hybridized carbons (Fsp3) is 0.333. The second kappa shape index (κ2) is 6.88. The molecule has 1 rings (SSSR count). The van der Waals surface area contributed by atoms with E-state index in [1.54, 1.807) is 0 Å². The van der Waals surface area contributed by atoms with Gasteiger partial charge >= 0.3 is 5.97 Å². The van der Waals surface area contributed by atoms with Crippen molar-refractivity contribution in [3.8, 4) is 0 Å². The first-order valence-electron chi connectivity index (χ1n) is 5.87. The summed E-state index contributed by atoms with van der Waals surface area (Å²) in [5, 5.41) is 11.4. The number of carboxylic acid groups (broad SMARTS) is 1. The highest BCUT2D eigenvalue weighted by Gasteiger charge is 2.17. The Morgan fingerprint density at radius 1 is 1.43 bits per heavy atom. The Labute approximate surface area is 127 Å². The molecule has 21 heavy (non-hydrogen) atoms. The van der Waals surface area contributed by atoms with Gasteiger partial charge in [0, 0.05) is 11.9 Å². The number of benzene rings is 1. The molecule has 0 radical (unpaired) electrons. The third-order valence-corrected chi connectivity index (χ3v) is 3.91. The van der Waals surface area contributed by atoms with Gasteiger partial charge in [-0.25, -0.2) is 13.2 Å². The van der Waals surface area contributed by atoms with Crippen molar-refractivity contribution in [3.05, 3.63) is 28.8 Å². The van der Waals surface area contributed by atoms with Crippen LogP contribution in [0.5, 0.6) is 0 Å². The van der Waals surface area contributed by atoms with Crippen molar-refractivity contribution in [1.82, 2.24) is 0 Å². The summed E-state index contributed by atoms with van der Waals surface area (Å²) in [5.74, 6) is -2.03. The number of carbonyl (C=O) groups excluding carboxylic acids is 1. The van der Waals surface area contributed by atoms with Gasteiger partial charge in [0.05, 0.1) is 22.4 Å². The lowest BCUT2D eigenvalue weighted by molar-refractivity contribution is -0.117. The predicted molar refractivity (Wildman–Crippen MR) is 79.3 cm³/mol. The van der Waals surface area contributed by atoms with Crippen LogP contribution in [-0.4, -0.2) is 43.5 Å². The van der Waals surface area contributed by atoms with Crippen molar-refractivity contribution < 1.29 is 23.1 Å². The molecule has 0 aliphatic heterocycles. The van der Waals surface area contributed by atoms with Crippen LogP contribution in [0.15, 0.2) is 18.2 Å². The number of anilines is 1. The molecule has 4 N–H and O–H groups in total. The summed E-state index contributed by atoms with van der Waals surface area (Å²) in [5.41, 5.74) is 5.65.